The molecule has 1 unspecified atom stereocenters. The van der Waals surface area contributed by atoms with E-state index in [0.717, 1.165) is 0 Å². The number of hydrogen-bond donors (Lipinski definition) is 0. The van der Waals surface area contributed by atoms with E-state index in [2.05, 4.69) is 4.65 Å². The van der Waals surface area contributed by atoms with E-state index in [4.69, 9.17) is 0 Å². The molecule has 1 atom stereocenters. The average molecular weight is 144 g/mol. The van der Waals surface area contributed by atoms with Gasteiger partial charge in [-0.2, -0.15) is 0 Å². The standard InChI is InChI=1S/Ca.K.H2P.H3Si.H/h;;1H2;1H3;/q+1;;-1;;. The fourth-order valence-electron chi connectivity index (χ4n) is 0. The van der Waals surface area contributed by atoms with Gasteiger partial charge in [0.25, 0.3) is 0 Å². The fraction of sp³-hybridized carbons (Fsp3) is 0. The maximum atomic E-state index is 2.83. The van der Waals surface area contributed by atoms with Crippen molar-refractivity contribution in [3.8, 4) is 0 Å². The van der Waals surface area contributed by atoms with Crippen molar-refractivity contribution in [2.75, 3.05) is 0 Å². The molecule has 0 saturated carbocycles. The second-order valence-electron chi connectivity index (χ2n) is 0.408. The molecule has 0 nitrogen and oxygen atoms in total. The van der Waals surface area contributed by atoms with E-state index in [1.54, 1.807) is 0 Å². The summed E-state index contributed by atoms with van der Waals surface area (Å²) in [6.07, 6.45) is 0. The molecule has 0 bridgehead atoms. The van der Waals surface area contributed by atoms with Crippen LogP contribution in [0.3, 0.4) is 0 Å². The van der Waals surface area contributed by atoms with Crippen molar-refractivity contribution >= 4 is 93.5 Å². The zero-order valence-corrected chi connectivity index (χ0v) is 7.65. The van der Waals surface area contributed by atoms with Gasteiger partial charge in [-0.25, -0.2) is 0 Å². The molecule has 0 aromatic rings. The zero-order valence-electron chi connectivity index (χ0n) is 2.28. The molecule has 0 heterocycles. The van der Waals surface area contributed by atoms with Gasteiger partial charge >= 0.3 is 93.5 Å². The van der Waals surface area contributed by atoms with E-state index in [1.807, 2.05) is 0 Å². The number of hydrogen-bond acceptors (Lipinski definition) is 0. The van der Waals surface area contributed by atoms with Crippen molar-refractivity contribution in [2.45, 2.75) is 0 Å². The molecule has 0 aliphatic rings. The van der Waals surface area contributed by atoms with Crippen LogP contribution in [0.25, 0.3) is 0 Å². The molecule has 0 radical (unpaired) electrons. The summed E-state index contributed by atoms with van der Waals surface area (Å²) in [5.41, 5.74) is 0. The van der Waals surface area contributed by atoms with Gasteiger partial charge in [0, 0.05) is 0 Å². The summed E-state index contributed by atoms with van der Waals surface area (Å²) in [5, 5.41) is 1.52. The summed E-state index contributed by atoms with van der Waals surface area (Å²) in [6.45, 7) is 0. The Morgan fingerprint density at radius 1 is 1.75 bits per heavy atom. The molecule has 0 aromatic carbocycles. The first-order valence-corrected chi connectivity index (χ1v) is 13.8. The van der Waals surface area contributed by atoms with Gasteiger partial charge < -0.3 is 0 Å². The van der Waals surface area contributed by atoms with Gasteiger partial charge in [0.1, 0.15) is 0 Å². The molecule has 4 heteroatoms. The molecule has 0 aromatic heterocycles. The van der Waals surface area contributed by atoms with Gasteiger partial charge in [-0.05, 0) is 0 Å². The predicted molar refractivity (Wildman–Crippen MR) is 32.6 cm³/mol. The fourth-order valence-corrected chi connectivity index (χ4v) is 0. The Hall–Kier alpha value is 3.54. The van der Waals surface area contributed by atoms with E-state index in [0.29, 0.717) is 0 Å². The quantitative estimate of drug-likeness (QED) is 0.275. The monoisotopic (exact) mass is 144 g/mol. The van der Waals surface area contributed by atoms with Crippen LogP contribution in [0.2, 0.25) is 0 Å². The minimum absolute atomic E-state index is 0. The Balaban J connectivity index is 0. The molecular weight excluding hydrogens is 138 g/mol. The minimum atomic E-state index is 0. The van der Waals surface area contributed by atoms with Crippen LogP contribution in [0.4, 0.5) is 0 Å². The first kappa shape index (κ1) is 10.5. The molecule has 0 N–H and O–H groups in total. The van der Waals surface area contributed by atoms with Crippen molar-refractivity contribution < 1.29 is 0 Å². The van der Waals surface area contributed by atoms with Gasteiger partial charge in [-0.15, -0.1) is 0 Å². The third-order valence-corrected chi connectivity index (χ3v) is 0. The molecular formula is H6CaKPSi. The van der Waals surface area contributed by atoms with E-state index < -0.39 is 0 Å². The SMILES string of the molecule is [KH].[SiH3][Ca][PH2]. The summed E-state index contributed by atoms with van der Waals surface area (Å²) in [7, 11) is 0. The first-order valence-electron chi connectivity index (χ1n) is 1.12. The van der Waals surface area contributed by atoms with Gasteiger partial charge in [-0.1, -0.05) is 0 Å². The summed E-state index contributed by atoms with van der Waals surface area (Å²) in [5.74, 6) is 0. The Morgan fingerprint density at radius 3 is 1.75 bits per heavy atom. The normalized spacial score (nSPS) is 3.25. The molecule has 0 spiro atoms. The molecule has 0 fully saturated rings. The van der Waals surface area contributed by atoms with Crippen LogP contribution in [0.5, 0.6) is 0 Å². The molecule has 18 valence electrons. The van der Waals surface area contributed by atoms with Crippen LogP contribution in [-0.2, 0) is 0 Å². The average Bonchev–Trinajstić information content (AvgIpc) is 0.918. The van der Waals surface area contributed by atoms with Crippen LogP contribution >= 0.6 is 4.65 Å². The van der Waals surface area contributed by atoms with Gasteiger partial charge in [-0.3, -0.25) is 0 Å². The third-order valence-electron chi connectivity index (χ3n) is 0. The van der Waals surface area contributed by atoms with Gasteiger partial charge in [0.2, 0.25) is 0 Å². The Bertz CT molecular complexity index is 8.00. The van der Waals surface area contributed by atoms with Gasteiger partial charge in [0.05, 0.1) is 0 Å². The summed E-state index contributed by atoms with van der Waals surface area (Å²) in [6, 6.07) is 0. The Morgan fingerprint density at radius 2 is 1.75 bits per heavy atom. The molecule has 0 rings (SSSR count). The maximum absolute atomic E-state index is 2.83. The Labute approximate surface area is 90.4 Å². The second kappa shape index (κ2) is 9.74. The predicted octanol–water partition coefficient (Wildman–Crippen LogP) is -1.89. The van der Waals surface area contributed by atoms with Crippen molar-refractivity contribution in [3.63, 3.8) is 0 Å². The Kier molecular flexibility index (Phi) is 25.6. The van der Waals surface area contributed by atoms with E-state index in [1.165, 1.54) is 5.38 Å². The zero-order chi connectivity index (χ0) is 2.71. The van der Waals surface area contributed by atoms with E-state index >= 15 is 0 Å². The van der Waals surface area contributed by atoms with Crippen molar-refractivity contribution in [2.24, 2.45) is 0 Å². The topological polar surface area (TPSA) is 0 Å². The van der Waals surface area contributed by atoms with E-state index in [9.17, 15) is 0 Å². The summed E-state index contributed by atoms with van der Waals surface area (Å²) in [4.78, 5) is 0. The molecule has 4 heavy (non-hydrogen) atoms. The van der Waals surface area contributed by atoms with Crippen LogP contribution < -0.4 is 0 Å². The van der Waals surface area contributed by atoms with Crippen molar-refractivity contribution in [1.29, 1.82) is 0 Å². The molecule has 0 aliphatic heterocycles. The summed E-state index contributed by atoms with van der Waals surface area (Å²) < 4.78 is 2.83. The summed E-state index contributed by atoms with van der Waals surface area (Å²) >= 11 is 0.181. The second-order valence-corrected chi connectivity index (χ2v) is 15.1. The van der Waals surface area contributed by atoms with Gasteiger partial charge in [0.15, 0.2) is 0 Å². The van der Waals surface area contributed by atoms with Crippen LogP contribution in [0.15, 0.2) is 0 Å². The number of rotatable bonds is 0. The third kappa shape index (κ3) is 9.11. The van der Waals surface area contributed by atoms with Crippen LogP contribution in [0, 0.1) is 0 Å². The van der Waals surface area contributed by atoms with E-state index in [-0.39, 0.29) is 83.4 Å². The van der Waals surface area contributed by atoms with Crippen molar-refractivity contribution in [1.82, 2.24) is 0 Å². The molecule has 0 saturated heterocycles. The first-order chi connectivity index (χ1) is 1.41. The molecule has 0 amide bonds. The van der Waals surface area contributed by atoms with Crippen molar-refractivity contribution in [3.05, 3.63) is 0 Å². The van der Waals surface area contributed by atoms with Crippen LogP contribution in [0.1, 0.15) is 0 Å². The molecule has 0 aliphatic carbocycles. The van der Waals surface area contributed by atoms with Crippen LogP contribution in [-0.4, -0.2) is 88.8 Å².